The quantitative estimate of drug-likeness (QED) is 0.738. The molecule has 2 aromatic heterocycles. The number of amides is 1. The first kappa shape index (κ1) is 18.2. The third-order valence-electron chi connectivity index (χ3n) is 5.16. The minimum absolute atomic E-state index is 0. The second kappa shape index (κ2) is 6.97. The summed E-state index contributed by atoms with van der Waals surface area (Å²) in [5.74, 6) is 0.532. The highest BCUT2D eigenvalue weighted by atomic mass is 35.5. The maximum absolute atomic E-state index is 11.7. The standard InChI is InChI=1S/C17H22N4O2S.ClH/c18-13-12-10-3-1-2-4-11(10)16(21-7-5-9(22)6-8-21)20-17(12)24-14(13)15(19)23;/h9,22H,1-8,18H2,(H2,19,23);1H. The molecule has 2 aromatic rings. The lowest BCUT2D eigenvalue weighted by Crippen LogP contribution is -2.37. The van der Waals surface area contributed by atoms with Crippen LogP contribution in [0, 0.1) is 0 Å². The van der Waals surface area contributed by atoms with Gasteiger partial charge in [-0.05, 0) is 49.7 Å². The van der Waals surface area contributed by atoms with Gasteiger partial charge in [0.05, 0.1) is 11.8 Å². The average molecular weight is 383 g/mol. The van der Waals surface area contributed by atoms with Crippen molar-refractivity contribution >= 4 is 51.4 Å². The Morgan fingerprint density at radius 3 is 2.48 bits per heavy atom. The van der Waals surface area contributed by atoms with Crippen LogP contribution < -0.4 is 16.4 Å². The van der Waals surface area contributed by atoms with Gasteiger partial charge in [0.2, 0.25) is 0 Å². The lowest BCUT2D eigenvalue weighted by atomic mass is 9.89. The largest absolute Gasteiger partial charge is 0.397 e. The van der Waals surface area contributed by atoms with Gasteiger partial charge in [-0.3, -0.25) is 4.79 Å². The molecule has 1 saturated heterocycles. The van der Waals surface area contributed by atoms with E-state index in [1.165, 1.54) is 22.5 Å². The molecule has 2 aliphatic rings. The Labute approximate surface area is 156 Å². The molecule has 1 amide bonds. The van der Waals surface area contributed by atoms with Crippen molar-refractivity contribution in [1.82, 2.24) is 4.98 Å². The minimum Gasteiger partial charge on any atom is -0.397 e. The number of aromatic nitrogens is 1. The third kappa shape index (κ3) is 3.05. The van der Waals surface area contributed by atoms with Gasteiger partial charge in [-0.2, -0.15) is 0 Å². The van der Waals surface area contributed by atoms with Gasteiger partial charge < -0.3 is 21.5 Å². The molecular formula is C17H23ClN4O2S. The zero-order valence-corrected chi connectivity index (χ0v) is 15.6. The number of hydrogen-bond donors (Lipinski definition) is 3. The number of carbonyl (C=O) groups is 1. The van der Waals surface area contributed by atoms with E-state index < -0.39 is 5.91 Å². The summed E-state index contributed by atoms with van der Waals surface area (Å²) >= 11 is 1.30. The Hall–Kier alpha value is -1.57. The Morgan fingerprint density at radius 1 is 1.20 bits per heavy atom. The van der Waals surface area contributed by atoms with Crippen molar-refractivity contribution in [1.29, 1.82) is 0 Å². The fraction of sp³-hybridized carbons (Fsp3) is 0.529. The van der Waals surface area contributed by atoms with Gasteiger partial charge in [0.15, 0.2) is 0 Å². The van der Waals surface area contributed by atoms with Crippen molar-refractivity contribution in [3.63, 3.8) is 0 Å². The highest BCUT2D eigenvalue weighted by Crippen LogP contribution is 2.42. The van der Waals surface area contributed by atoms with Crippen LogP contribution in [-0.4, -0.2) is 35.2 Å². The summed E-state index contributed by atoms with van der Waals surface area (Å²) in [4.78, 5) is 20.0. The summed E-state index contributed by atoms with van der Waals surface area (Å²) in [6, 6.07) is 0. The molecule has 0 radical (unpaired) electrons. The van der Waals surface area contributed by atoms with Crippen LogP contribution in [0.2, 0.25) is 0 Å². The lowest BCUT2D eigenvalue weighted by molar-refractivity contribution is 0.100. The maximum atomic E-state index is 11.7. The van der Waals surface area contributed by atoms with Crippen molar-refractivity contribution < 1.29 is 9.90 Å². The van der Waals surface area contributed by atoms with Gasteiger partial charge in [-0.25, -0.2) is 4.98 Å². The molecule has 0 unspecified atom stereocenters. The van der Waals surface area contributed by atoms with E-state index in [4.69, 9.17) is 16.5 Å². The number of piperidine rings is 1. The SMILES string of the molecule is Cl.NC(=O)c1sc2nc(N3CCC(O)CC3)c3c(c2c1N)CCCC3. The van der Waals surface area contributed by atoms with Gasteiger partial charge in [-0.1, -0.05) is 0 Å². The van der Waals surface area contributed by atoms with Crippen LogP contribution in [0.5, 0.6) is 0 Å². The number of aryl methyl sites for hydroxylation is 1. The number of aliphatic hydroxyl groups is 1. The molecule has 0 saturated carbocycles. The van der Waals surface area contributed by atoms with E-state index in [1.807, 2.05) is 0 Å². The van der Waals surface area contributed by atoms with Gasteiger partial charge in [0.1, 0.15) is 15.5 Å². The average Bonchev–Trinajstić information content (AvgIpc) is 2.92. The number of nitrogens with two attached hydrogens (primary N) is 2. The summed E-state index contributed by atoms with van der Waals surface area (Å²) in [7, 11) is 0. The van der Waals surface area contributed by atoms with E-state index >= 15 is 0 Å². The normalized spacial score (nSPS) is 18.0. The van der Waals surface area contributed by atoms with E-state index in [2.05, 4.69) is 4.90 Å². The first-order valence-corrected chi connectivity index (χ1v) is 9.34. The van der Waals surface area contributed by atoms with Crippen LogP contribution >= 0.6 is 23.7 Å². The summed E-state index contributed by atoms with van der Waals surface area (Å²) in [5, 5.41) is 10.7. The second-order valence-corrected chi connectivity index (χ2v) is 7.71. The van der Waals surface area contributed by atoms with Crippen LogP contribution in [0.4, 0.5) is 11.5 Å². The highest BCUT2D eigenvalue weighted by molar-refractivity contribution is 7.21. The number of rotatable bonds is 2. The first-order chi connectivity index (χ1) is 11.6. The number of thiophene rings is 1. The van der Waals surface area contributed by atoms with Gasteiger partial charge >= 0.3 is 0 Å². The maximum Gasteiger partial charge on any atom is 0.260 e. The van der Waals surface area contributed by atoms with Crippen LogP contribution in [0.1, 0.15) is 46.5 Å². The number of hydrogen-bond acceptors (Lipinski definition) is 6. The van der Waals surface area contributed by atoms with Crippen LogP contribution in [0.3, 0.4) is 0 Å². The number of carbonyl (C=O) groups excluding carboxylic acids is 1. The summed E-state index contributed by atoms with van der Waals surface area (Å²) in [6.07, 6.45) is 5.58. The second-order valence-electron chi connectivity index (χ2n) is 6.71. The topological polar surface area (TPSA) is 105 Å². The summed E-state index contributed by atoms with van der Waals surface area (Å²) in [6.45, 7) is 1.63. The van der Waals surface area contributed by atoms with E-state index in [-0.39, 0.29) is 18.5 Å². The molecule has 1 aliphatic heterocycles. The fourth-order valence-electron chi connectivity index (χ4n) is 3.92. The number of nitrogen functional groups attached to an aromatic ring is 1. The molecule has 136 valence electrons. The smallest absolute Gasteiger partial charge is 0.260 e. The van der Waals surface area contributed by atoms with Crippen LogP contribution in [0.25, 0.3) is 10.2 Å². The molecule has 6 nitrogen and oxygen atoms in total. The number of anilines is 2. The first-order valence-electron chi connectivity index (χ1n) is 8.52. The van der Waals surface area contributed by atoms with Gasteiger partial charge in [0.25, 0.3) is 5.91 Å². The Morgan fingerprint density at radius 2 is 1.84 bits per heavy atom. The molecule has 0 spiro atoms. The van der Waals surface area contributed by atoms with Crippen molar-refractivity contribution in [2.45, 2.75) is 44.6 Å². The van der Waals surface area contributed by atoms with Crippen LogP contribution in [-0.2, 0) is 12.8 Å². The van der Waals surface area contributed by atoms with Gasteiger partial charge in [0, 0.05) is 18.5 Å². The Balaban J connectivity index is 0.00000182. The molecule has 0 atom stereocenters. The monoisotopic (exact) mass is 382 g/mol. The van der Waals surface area contributed by atoms with E-state index in [1.54, 1.807) is 0 Å². The number of aliphatic hydroxyl groups excluding tert-OH is 1. The molecule has 3 heterocycles. The van der Waals surface area contributed by atoms with Crippen molar-refractivity contribution in [3.8, 4) is 0 Å². The van der Waals surface area contributed by atoms with Crippen molar-refractivity contribution in [2.24, 2.45) is 5.73 Å². The Kier molecular flexibility index (Phi) is 5.09. The predicted octanol–water partition coefficient (Wildman–Crippen LogP) is 2.24. The Bertz CT molecular complexity index is 815. The molecule has 1 fully saturated rings. The summed E-state index contributed by atoms with van der Waals surface area (Å²) in [5.41, 5.74) is 14.7. The fourth-order valence-corrected chi connectivity index (χ4v) is 4.89. The number of halogens is 1. The van der Waals surface area contributed by atoms with E-state index in [0.29, 0.717) is 10.6 Å². The molecule has 5 N–H and O–H groups in total. The molecule has 0 aromatic carbocycles. The molecule has 1 aliphatic carbocycles. The lowest BCUT2D eigenvalue weighted by Gasteiger charge is -2.33. The third-order valence-corrected chi connectivity index (χ3v) is 6.28. The number of nitrogens with zero attached hydrogens (tertiary/aromatic N) is 2. The number of fused-ring (bicyclic) bond motifs is 3. The van der Waals surface area contributed by atoms with Gasteiger partial charge in [-0.15, -0.1) is 23.7 Å². The van der Waals surface area contributed by atoms with E-state index in [9.17, 15) is 9.90 Å². The molecule has 8 heteroatoms. The van der Waals surface area contributed by atoms with Crippen molar-refractivity contribution in [2.75, 3.05) is 23.7 Å². The predicted molar refractivity (Wildman–Crippen MR) is 104 cm³/mol. The highest BCUT2D eigenvalue weighted by Gasteiger charge is 2.28. The van der Waals surface area contributed by atoms with E-state index in [0.717, 1.165) is 67.6 Å². The zero-order valence-electron chi connectivity index (χ0n) is 14.0. The molecule has 4 rings (SSSR count). The van der Waals surface area contributed by atoms with Crippen LogP contribution in [0.15, 0.2) is 0 Å². The zero-order chi connectivity index (χ0) is 16.8. The summed E-state index contributed by atoms with van der Waals surface area (Å²) < 4.78 is 0. The molecular weight excluding hydrogens is 360 g/mol. The number of pyridine rings is 1. The van der Waals surface area contributed by atoms with Crippen molar-refractivity contribution in [3.05, 3.63) is 16.0 Å². The molecule has 25 heavy (non-hydrogen) atoms. The number of primary amides is 1. The minimum atomic E-state index is -0.484. The molecule has 0 bridgehead atoms.